The van der Waals surface area contributed by atoms with E-state index < -0.39 is 0 Å². The molecule has 0 N–H and O–H groups in total. The Labute approximate surface area is 228 Å². The van der Waals surface area contributed by atoms with Gasteiger partial charge in [0.05, 0.1) is 24.2 Å². The van der Waals surface area contributed by atoms with Crippen molar-refractivity contribution >= 4 is 17.1 Å². The molecule has 2 aromatic carbocycles. The fourth-order valence-corrected chi connectivity index (χ4v) is 5.01. The van der Waals surface area contributed by atoms with Crippen molar-refractivity contribution in [3.8, 4) is 23.0 Å². The molecule has 5 rings (SSSR count). The third-order valence-electron chi connectivity index (χ3n) is 7.11. The summed E-state index contributed by atoms with van der Waals surface area (Å²) in [5.74, 6) is 2.39. The number of methoxy groups -OCH3 is 1. The molecule has 0 aliphatic carbocycles. The van der Waals surface area contributed by atoms with Crippen LogP contribution in [0.4, 0.5) is 0 Å². The number of rotatable bonds is 6. The molecule has 0 aliphatic rings. The number of ether oxygens (including phenoxy) is 1. The van der Waals surface area contributed by atoms with Crippen LogP contribution < -0.4 is 10.3 Å². The highest BCUT2D eigenvalue weighted by Gasteiger charge is 2.19. The highest BCUT2D eigenvalue weighted by Crippen LogP contribution is 2.34. The lowest BCUT2D eigenvalue weighted by Gasteiger charge is -2.17. The van der Waals surface area contributed by atoms with Crippen LogP contribution in [0.15, 0.2) is 70.7 Å². The second-order valence-electron chi connectivity index (χ2n) is 10.2. The van der Waals surface area contributed by atoms with Crippen molar-refractivity contribution in [3.63, 3.8) is 0 Å². The molecule has 3 aromatic heterocycles. The van der Waals surface area contributed by atoms with Gasteiger partial charge in [-0.1, -0.05) is 26.0 Å². The van der Waals surface area contributed by atoms with Crippen LogP contribution in [0.2, 0.25) is 0 Å². The van der Waals surface area contributed by atoms with Crippen LogP contribution >= 0.6 is 0 Å². The first-order valence-corrected chi connectivity index (χ1v) is 13.1. The minimum atomic E-state index is -0.220. The van der Waals surface area contributed by atoms with Crippen LogP contribution in [-0.2, 0) is 0 Å². The Morgan fingerprint density at radius 2 is 1.77 bits per heavy atom. The topological polar surface area (TPSA) is 74.3 Å². The Hall–Kier alpha value is -4.52. The predicted octanol–water partition coefficient (Wildman–Crippen LogP) is 6.50. The van der Waals surface area contributed by atoms with Gasteiger partial charge in [-0.05, 0) is 92.8 Å². The van der Waals surface area contributed by atoms with Crippen LogP contribution in [0.5, 0.6) is 5.75 Å². The summed E-state index contributed by atoms with van der Waals surface area (Å²) in [5, 5.41) is 5.26. The summed E-state index contributed by atoms with van der Waals surface area (Å²) in [6, 6.07) is 17.5. The predicted molar refractivity (Wildman–Crippen MR) is 158 cm³/mol. The van der Waals surface area contributed by atoms with Gasteiger partial charge in [0.15, 0.2) is 5.82 Å². The molecule has 5 aromatic rings. The largest absolute Gasteiger partial charge is 0.496 e. The molecule has 39 heavy (non-hydrogen) atoms. The number of hydrogen-bond acceptors (Lipinski definition) is 5. The maximum Gasteiger partial charge on any atom is 0.282 e. The van der Waals surface area contributed by atoms with Gasteiger partial charge in [0.2, 0.25) is 0 Å². The molecule has 3 heterocycles. The van der Waals surface area contributed by atoms with E-state index in [-0.39, 0.29) is 11.5 Å². The van der Waals surface area contributed by atoms with E-state index in [0.717, 1.165) is 50.8 Å². The molecule has 0 bridgehead atoms. The summed E-state index contributed by atoms with van der Waals surface area (Å²) in [6.45, 7) is 12.4. The normalized spacial score (nSPS) is 11.7. The van der Waals surface area contributed by atoms with Crippen molar-refractivity contribution in [2.45, 2.75) is 47.5 Å². The number of aryl methyl sites for hydroxylation is 3. The standard InChI is InChI=1S/C32H33N5O2/c1-19(2)26-17-27(21(4)15-29(26)39-7)31-35-28-11-9-8-10-25(28)32(38)37(31)34-18-24-16-22(5)36(23(24)6)30-14-20(3)12-13-33-30/h8-19H,1-7H3. The zero-order valence-corrected chi connectivity index (χ0v) is 23.5. The summed E-state index contributed by atoms with van der Waals surface area (Å²) in [4.78, 5) is 23.3. The summed E-state index contributed by atoms with van der Waals surface area (Å²) in [6.07, 6.45) is 3.55. The van der Waals surface area contributed by atoms with Gasteiger partial charge in [0.25, 0.3) is 5.56 Å². The lowest BCUT2D eigenvalue weighted by molar-refractivity contribution is 0.407. The summed E-state index contributed by atoms with van der Waals surface area (Å²) in [5.41, 5.74) is 7.30. The number of para-hydroxylation sites is 1. The van der Waals surface area contributed by atoms with Crippen molar-refractivity contribution in [3.05, 3.63) is 105 Å². The van der Waals surface area contributed by atoms with Gasteiger partial charge in [0.1, 0.15) is 11.6 Å². The number of pyridine rings is 1. The summed E-state index contributed by atoms with van der Waals surface area (Å²) < 4.78 is 9.16. The number of hydrogen-bond donors (Lipinski definition) is 0. The molecule has 0 aliphatic heterocycles. The smallest absolute Gasteiger partial charge is 0.282 e. The minimum Gasteiger partial charge on any atom is -0.496 e. The van der Waals surface area contributed by atoms with E-state index in [1.807, 2.05) is 64.2 Å². The quantitative estimate of drug-likeness (QED) is 0.240. The monoisotopic (exact) mass is 519 g/mol. The first-order chi connectivity index (χ1) is 18.7. The maximum absolute atomic E-state index is 13.8. The van der Waals surface area contributed by atoms with E-state index in [0.29, 0.717) is 16.7 Å². The third kappa shape index (κ3) is 4.76. The van der Waals surface area contributed by atoms with Crippen LogP contribution in [0.25, 0.3) is 28.1 Å². The third-order valence-corrected chi connectivity index (χ3v) is 7.11. The molecular formula is C32H33N5O2. The lowest BCUT2D eigenvalue weighted by atomic mass is 9.96. The van der Waals surface area contributed by atoms with Crippen LogP contribution in [0.1, 0.15) is 53.4 Å². The van der Waals surface area contributed by atoms with Gasteiger partial charge >= 0.3 is 0 Å². The number of fused-ring (bicyclic) bond motifs is 1. The molecule has 0 radical (unpaired) electrons. The molecular weight excluding hydrogens is 486 g/mol. The molecule has 0 amide bonds. The molecule has 0 atom stereocenters. The molecule has 7 nitrogen and oxygen atoms in total. The molecule has 0 saturated carbocycles. The van der Waals surface area contributed by atoms with Gasteiger partial charge in [-0.2, -0.15) is 9.78 Å². The number of benzene rings is 2. The van der Waals surface area contributed by atoms with E-state index in [1.165, 1.54) is 4.68 Å². The van der Waals surface area contributed by atoms with Gasteiger partial charge in [-0.15, -0.1) is 0 Å². The molecule has 7 heteroatoms. The lowest BCUT2D eigenvalue weighted by Crippen LogP contribution is -2.21. The zero-order chi connectivity index (χ0) is 27.8. The van der Waals surface area contributed by atoms with E-state index in [9.17, 15) is 4.79 Å². The first-order valence-electron chi connectivity index (χ1n) is 13.1. The van der Waals surface area contributed by atoms with Gasteiger partial charge < -0.3 is 9.30 Å². The Morgan fingerprint density at radius 3 is 2.49 bits per heavy atom. The first kappa shape index (κ1) is 26.1. The van der Waals surface area contributed by atoms with Crippen molar-refractivity contribution in [1.82, 2.24) is 19.2 Å². The summed E-state index contributed by atoms with van der Waals surface area (Å²) in [7, 11) is 1.68. The van der Waals surface area contributed by atoms with Gasteiger partial charge in [-0.25, -0.2) is 9.97 Å². The average Bonchev–Trinajstić information content (AvgIpc) is 3.20. The second kappa shape index (κ2) is 10.3. The van der Waals surface area contributed by atoms with Crippen LogP contribution in [0, 0.1) is 27.7 Å². The van der Waals surface area contributed by atoms with Crippen molar-refractivity contribution in [2.75, 3.05) is 7.11 Å². The minimum absolute atomic E-state index is 0.220. The average molecular weight is 520 g/mol. The van der Waals surface area contributed by atoms with Gasteiger partial charge in [-0.3, -0.25) is 4.79 Å². The van der Waals surface area contributed by atoms with Gasteiger partial charge in [0, 0.05) is 28.7 Å². The zero-order valence-electron chi connectivity index (χ0n) is 23.5. The number of nitrogens with zero attached hydrogens (tertiary/aromatic N) is 5. The van der Waals surface area contributed by atoms with Crippen LogP contribution in [0.3, 0.4) is 0 Å². The maximum atomic E-state index is 13.8. The van der Waals surface area contributed by atoms with E-state index in [1.54, 1.807) is 19.4 Å². The van der Waals surface area contributed by atoms with Crippen molar-refractivity contribution in [2.24, 2.45) is 5.10 Å². The molecule has 198 valence electrons. The van der Waals surface area contributed by atoms with E-state index >= 15 is 0 Å². The molecule has 0 unspecified atom stereocenters. The Bertz CT molecular complexity index is 1790. The van der Waals surface area contributed by atoms with E-state index in [4.69, 9.17) is 14.8 Å². The molecule has 0 fully saturated rings. The summed E-state index contributed by atoms with van der Waals surface area (Å²) >= 11 is 0. The Balaban J connectivity index is 1.71. The van der Waals surface area contributed by atoms with Crippen molar-refractivity contribution < 1.29 is 4.74 Å². The highest BCUT2D eigenvalue weighted by atomic mass is 16.5. The SMILES string of the molecule is COc1cc(C)c(-c2nc3ccccc3c(=O)n2N=Cc2cc(C)n(-c3cc(C)ccn3)c2C)cc1C(C)C. The van der Waals surface area contributed by atoms with Crippen LogP contribution in [-0.4, -0.2) is 32.5 Å². The fourth-order valence-electron chi connectivity index (χ4n) is 5.01. The number of aromatic nitrogens is 4. The second-order valence-corrected chi connectivity index (χ2v) is 10.2. The van der Waals surface area contributed by atoms with E-state index in [2.05, 4.69) is 41.6 Å². The molecule has 0 spiro atoms. The fraction of sp³-hybridized carbons (Fsp3) is 0.250. The Kier molecular flexibility index (Phi) is 6.91. The van der Waals surface area contributed by atoms with Crippen molar-refractivity contribution in [1.29, 1.82) is 0 Å². The molecule has 0 saturated heterocycles. The highest BCUT2D eigenvalue weighted by molar-refractivity contribution is 5.84. The Morgan fingerprint density at radius 1 is 1.00 bits per heavy atom.